The van der Waals surface area contributed by atoms with Gasteiger partial charge >= 0.3 is 0 Å². The van der Waals surface area contributed by atoms with Gasteiger partial charge < -0.3 is 10.3 Å². The van der Waals surface area contributed by atoms with E-state index in [1.165, 1.54) is 0 Å². The third-order valence-corrected chi connectivity index (χ3v) is 2.21. The summed E-state index contributed by atoms with van der Waals surface area (Å²) < 4.78 is 1.99. The third kappa shape index (κ3) is 1.76. The molecule has 0 amide bonds. The van der Waals surface area contributed by atoms with E-state index < -0.39 is 0 Å². The first-order chi connectivity index (χ1) is 7.18. The lowest BCUT2D eigenvalue weighted by atomic mass is 10.3. The zero-order valence-electron chi connectivity index (χ0n) is 8.64. The lowest BCUT2D eigenvalue weighted by Crippen LogP contribution is -1.93. The number of rotatable bonds is 2. The molecule has 76 valence electrons. The standard InChI is InChI=1S/C12H13N3/c1-9(13)7-8-15-10(2)14-11-5-3-4-6-12(11)15/h3-8H,1,13H2,2H3/b8-7-. The van der Waals surface area contributed by atoms with E-state index in [1.54, 1.807) is 6.08 Å². The molecule has 2 N–H and O–H groups in total. The first-order valence-electron chi connectivity index (χ1n) is 4.74. The SMILES string of the molecule is C=C(N)/C=C\n1c(C)nc2ccccc21. The average Bonchev–Trinajstić information content (AvgIpc) is 2.50. The molecule has 0 saturated heterocycles. The molecule has 0 unspecified atom stereocenters. The van der Waals surface area contributed by atoms with Crippen LogP contribution < -0.4 is 5.73 Å². The maximum Gasteiger partial charge on any atom is 0.110 e. The zero-order valence-corrected chi connectivity index (χ0v) is 8.64. The summed E-state index contributed by atoms with van der Waals surface area (Å²) >= 11 is 0. The molecule has 0 aliphatic carbocycles. The van der Waals surface area contributed by atoms with Gasteiger partial charge in [0.2, 0.25) is 0 Å². The van der Waals surface area contributed by atoms with Gasteiger partial charge in [0.05, 0.1) is 11.0 Å². The normalized spacial score (nSPS) is 11.3. The number of nitrogens with zero attached hydrogens (tertiary/aromatic N) is 2. The molecule has 15 heavy (non-hydrogen) atoms. The smallest absolute Gasteiger partial charge is 0.110 e. The van der Waals surface area contributed by atoms with Crippen LogP contribution in [0.25, 0.3) is 17.2 Å². The number of hydrogen-bond acceptors (Lipinski definition) is 2. The second-order valence-corrected chi connectivity index (χ2v) is 3.41. The van der Waals surface area contributed by atoms with Gasteiger partial charge in [0.25, 0.3) is 0 Å². The van der Waals surface area contributed by atoms with Crippen LogP contribution in [0.15, 0.2) is 42.6 Å². The molecule has 2 rings (SSSR count). The summed E-state index contributed by atoms with van der Waals surface area (Å²) in [5.74, 6) is 0.939. The molecule has 1 aromatic carbocycles. The van der Waals surface area contributed by atoms with Crippen LogP contribution >= 0.6 is 0 Å². The van der Waals surface area contributed by atoms with E-state index in [-0.39, 0.29) is 0 Å². The molecule has 3 heteroatoms. The molecule has 3 nitrogen and oxygen atoms in total. The van der Waals surface area contributed by atoms with E-state index in [2.05, 4.69) is 11.6 Å². The fourth-order valence-corrected chi connectivity index (χ4v) is 1.52. The van der Waals surface area contributed by atoms with Crippen LogP contribution in [0, 0.1) is 6.92 Å². The van der Waals surface area contributed by atoms with E-state index in [1.807, 2.05) is 42.0 Å². The summed E-state index contributed by atoms with van der Waals surface area (Å²) in [5, 5.41) is 0. The summed E-state index contributed by atoms with van der Waals surface area (Å²) in [4.78, 5) is 4.43. The molecule has 0 bridgehead atoms. The maximum atomic E-state index is 5.49. The van der Waals surface area contributed by atoms with Gasteiger partial charge in [-0.2, -0.15) is 0 Å². The minimum atomic E-state index is 0.534. The molecule has 0 spiro atoms. The Bertz CT molecular complexity index is 535. The Kier molecular flexibility index (Phi) is 2.29. The van der Waals surface area contributed by atoms with Crippen LogP contribution in [0.2, 0.25) is 0 Å². The lowest BCUT2D eigenvalue weighted by molar-refractivity contribution is 1.05. The van der Waals surface area contributed by atoms with Gasteiger partial charge in [0, 0.05) is 11.9 Å². The van der Waals surface area contributed by atoms with Crippen molar-refractivity contribution < 1.29 is 0 Å². The lowest BCUT2D eigenvalue weighted by Gasteiger charge is -1.98. The molecule has 0 saturated carbocycles. The quantitative estimate of drug-likeness (QED) is 0.754. The monoisotopic (exact) mass is 199 g/mol. The van der Waals surface area contributed by atoms with Crippen LogP contribution in [0.5, 0.6) is 0 Å². The van der Waals surface area contributed by atoms with E-state index in [9.17, 15) is 0 Å². The summed E-state index contributed by atoms with van der Waals surface area (Å²) in [6, 6.07) is 7.98. The minimum absolute atomic E-state index is 0.534. The molecule has 0 radical (unpaired) electrons. The van der Waals surface area contributed by atoms with Crippen molar-refractivity contribution in [3.8, 4) is 0 Å². The number of fused-ring (bicyclic) bond motifs is 1. The van der Waals surface area contributed by atoms with Crippen molar-refractivity contribution in [2.45, 2.75) is 6.92 Å². The number of para-hydroxylation sites is 2. The Balaban J connectivity index is 2.59. The van der Waals surface area contributed by atoms with Crippen molar-refractivity contribution in [3.63, 3.8) is 0 Å². The second-order valence-electron chi connectivity index (χ2n) is 3.41. The van der Waals surface area contributed by atoms with Crippen molar-refractivity contribution in [2.75, 3.05) is 0 Å². The summed E-state index contributed by atoms with van der Waals surface area (Å²) in [5.41, 5.74) is 8.09. The van der Waals surface area contributed by atoms with Gasteiger partial charge in [0.1, 0.15) is 5.82 Å². The Morgan fingerprint density at radius 2 is 2.20 bits per heavy atom. The summed E-state index contributed by atoms with van der Waals surface area (Å²) in [6.07, 6.45) is 3.65. The largest absolute Gasteiger partial charge is 0.399 e. The van der Waals surface area contributed by atoms with E-state index >= 15 is 0 Å². The van der Waals surface area contributed by atoms with Crippen LogP contribution in [0.1, 0.15) is 5.82 Å². The highest BCUT2D eigenvalue weighted by molar-refractivity contribution is 5.78. The first kappa shape index (κ1) is 9.52. The fraction of sp³-hybridized carbons (Fsp3) is 0.0833. The van der Waals surface area contributed by atoms with E-state index in [0.717, 1.165) is 16.9 Å². The van der Waals surface area contributed by atoms with Crippen molar-refractivity contribution in [1.29, 1.82) is 0 Å². The first-order valence-corrected chi connectivity index (χ1v) is 4.74. The Morgan fingerprint density at radius 3 is 2.93 bits per heavy atom. The van der Waals surface area contributed by atoms with E-state index in [4.69, 9.17) is 5.73 Å². The second kappa shape index (κ2) is 3.61. The van der Waals surface area contributed by atoms with Gasteiger partial charge in [-0.1, -0.05) is 18.7 Å². The highest BCUT2D eigenvalue weighted by atomic mass is 15.1. The van der Waals surface area contributed by atoms with Crippen molar-refractivity contribution in [1.82, 2.24) is 9.55 Å². The number of allylic oxidation sites excluding steroid dienone is 1. The van der Waals surface area contributed by atoms with Crippen LogP contribution in [0.4, 0.5) is 0 Å². The zero-order chi connectivity index (χ0) is 10.8. The van der Waals surface area contributed by atoms with E-state index in [0.29, 0.717) is 5.70 Å². The molecule has 0 aliphatic rings. The molecule has 1 aromatic heterocycles. The Hall–Kier alpha value is -2.03. The molecular formula is C12H13N3. The highest BCUT2D eigenvalue weighted by Gasteiger charge is 2.02. The predicted octanol–water partition coefficient (Wildman–Crippen LogP) is 2.29. The molecule has 0 fully saturated rings. The number of aryl methyl sites for hydroxylation is 1. The third-order valence-electron chi connectivity index (χ3n) is 2.21. The number of imidazole rings is 1. The van der Waals surface area contributed by atoms with Gasteiger partial charge in [-0.15, -0.1) is 0 Å². The van der Waals surface area contributed by atoms with Crippen LogP contribution in [0.3, 0.4) is 0 Å². The Morgan fingerprint density at radius 1 is 1.47 bits per heavy atom. The molecule has 2 aromatic rings. The molecular weight excluding hydrogens is 186 g/mol. The fourth-order valence-electron chi connectivity index (χ4n) is 1.52. The summed E-state index contributed by atoms with van der Waals surface area (Å²) in [7, 11) is 0. The van der Waals surface area contributed by atoms with Crippen LogP contribution in [-0.4, -0.2) is 9.55 Å². The highest BCUT2D eigenvalue weighted by Crippen LogP contribution is 2.15. The topological polar surface area (TPSA) is 43.8 Å². The van der Waals surface area contributed by atoms with Gasteiger partial charge in [-0.05, 0) is 25.1 Å². The predicted molar refractivity (Wildman–Crippen MR) is 63.1 cm³/mol. The van der Waals surface area contributed by atoms with Crippen molar-refractivity contribution >= 4 is 17.2 Å². The number of hydrogen-bond donors (Lipinski definition) is 1. The van der Waals surface area contributed by atoms with Crippen LogP contribution in [-0.2, 0) is 0 Å². The average molecular weight is 199 g/mol. The van der Waals surface area contributed by atoms with Crippen molar-refractivity contribution in [3.05, 3.63) is 48.4 Å². The minimum Gasteiger partial charge on any atom is -0.399 e. The molecule has 0 aliphatic heterocycles. The number of aromatic nitrogens is 2. The van der Waals surface area contributed by atoms with Gasteiger partial charge in [-0.3, -0.25) is 0 Å². The van der Waals surface area contributed by atoms with Gasteiger partial charge in [-0.25, -0.2) is 4.98 Å². The molecule has 1 heterocycles. The summed E-state index contributed by atoms with van der Waals surface area (Å²) in [6.45, 7) is 5.58. The Labute approximate surface area is 88.5 Å². The number of nitrogens with two attached hydrogens (primary N) is 1. The van der Waals surface area contributed by atoms with Gasteiger partial charge in [0.15, 0.2) is 0 Å². The van der Waals surface area contributed by atoms with Crippen molar-refractivity contribution in [2.24, 2.45) is 5.73 Å². The number of benzene rings is 1. The molecule has 0 atom stereocenters. The maximum absolute atomic E-state index is 5.49.